The van der Waals surface area contributed by atoms with E-state index < -0.39 is 10.8 Å². The second-order valence-electron chi connectivity index (χ2n) is 4.69. The predicted octanol–water partition coefficient (Wildman–Crippen LogP) is 3.53. The van der Waals surface area contributed by atoms with Crippen LogP contribution in [-0.4, -0.2) is 40.2 Å². The zero-order valence-corrected chi connectivity index (χ0v) is 14.2. The topological polar surface area (TPSA) is 49.4 Å². The van der Waals surface area contributed by atoms with E-state index in [0.29, 0.717) is 21.5 Å². The molecule has 4 nitrogen and oxygen atoms in total. The van der Waals surface area contributed by atoms with Gasteiger partial charge in [-0.05, 0) is 31.5 Å². The van der Waals surface area contributed by atoms with Crippen LogP contribution in [0, 0.1) is 6.92 Å². The number of amides is 2. The zero-order chi connectivity index (χ0) is 15.4. The molecule has 1 aromatic rings. The first-order valence-electron chi connectivity index (χ1n) is 6.01. The van der Waals surface area contributed by atoms with Crippen molar-refractivity contribution in [3.63, 3.8) is 0 Å². The van der Waals surface area contributed by atoms with Gasteiger partial charge in [0.1, 0.15) is 0 Å². The molecule has 0 fully saturated rings. The number of benzene rings is 1. The molecule has 1 rings (SSSR count). The van der Waals surface area contributed by atoms with Crippen LogP contribution in [0.2, 0.25) is 10.0 Å². The van der Waals surface area contributed by atoms with Crippen molar-refractivity contribution in [3.8, 4) is 0 Å². The fraction of sp³-hybridized carbons (Fsp3) is 0.462. The van der Waals surface area contributed by atoms with Crippen LogP contribution < -0.4 is 5.32 Å². The van der Waals surface area contributed by atoms with Crippen molar-refractivity contribution >= 4 is 45.7 Å². The summed E-state index contributed by atoms with van der Waals surface area (Å²) in [6.07, 6.45) is 1.61. The largest absolute Gasteiger partial charge is 0.324 e. The highest BCUT2D eigenvalue weighted by Gasteiger charge is 2.17. The fourth-order valence-corrected chi connectivity index (χ4v) is 2.97. The number of carbonyl (C=O) groups excluding carboxylic acids is 1. The maximum Gasteiger partial charge on any atom is 0.321 e. The van der Waals surface area contributed by atoms with E-state index in [-0.39, 0.29) is 12.1 Å². The normalized spacial score (nSPS) is 13.7. The molecule has 0 saturated carbocycles. The Labute approximate surface area is 131 Å². The number of nitrogens with one attached hydrogen (secondary N) is 1. The van der Waals surface area contributed by atoms with Crippen LogP contribution in [0.1, 0.15) is 12.5 Å². The lowest BCUT2D eigenvalue weighted by molar-refractivity contribution is 0.212. The minimum Gasteiger partial charge on any atom is -0.324 e. The summed E-state index contributed by atoms with van der Waals surface area (Å²) in [5.41, 5.74) is 1.31. The van der Waals surface area contributed by atoms with Crippen molar-refractivity contribution in [2.24, 2.45) is 0 Å². The second kappa shape index (κ2) is 7.29. The van der Waals surface area contributed by atoms with Crippen LogP contribution in [0.25, 0.3) is 0 Å². The molecule has 0 bridgehead atoms. The van der Waals surface area contributed by atoms with Crippen LogP contribution >= 0.6 is 23.2 Å². The minimum atomic E-state index is -0.954. The highest BCUT2D eigenvalue weighted by Crippen LogP contribution is 2.28. The smallest absolute Gasteiger partial charge is 0.321 e. The van der Waals surface area contributed by atoms with E-state index in [1.54, 1.807) is 32.4 Å². The van der Waals surface area contributed by atoms with Gasteiger partial charge in [0.2, 0.25) is 0 Å². The molecule has 7 heteroatoms. The van der Waals surface area contributed by atoms with Crippen LogP contribution in [0.4, 0.5) is 10.5 Å². The van der Waals surface area contributed by atoms with E-state index in [2.05, 4.69) is 5.32 Å². The molecule has 2 atom stereocenters. The summed E-state index contributed by atoms with van der Waals surface area (Å²) in [5, 5.41) is 3.72. The molecule has 0 aliphatic carbocycles. The molecule has 112 valence electrons. The van der Waals surface area contributed by atoms with Gasteiger partial charge in [-0.15, -0.1) is 0 Å². The van der Waals surface area contributed by atoms with E-state index in [1.165, 1.54) is 4.90 Å². The van der Waals surface area contributed by atoms with E-state index in [0.717, 1.165) is 5.56 Å². The van der Waals surface area contributed by atoms with Crippen LogP contribution in [0.5, 0.6) is 0 Å². The number of hydrogen-bond donors (Lipinski definition) is 1. The average molecular weight is 337 g/mol. The predicted molar refractivity (Wildman–Crippen MR) is 86.4 cm³/mol. The Balaban J connectivity index is 2.78. The Morgan fingerprint density at radius 1 is 1.40 bits per heavy atom. The molecule has 0 radical (unpaired) electrons. The van der Waals surface area contributed by atoms with E-state index in [1.807, 2.05) is 6.92 Å². The Bertz CT molecular complexity index is 514. The highest BCUT2D eigenvalue weighted by molar-refractivity contribution is 7.84. The Morgan fingerprint density at radius 3 is 2.35 bits per heavy atom. The number of halogens is 2. The standard InChI is InChI=1S/C13H18Cl2N2O2S/c1-8(7-20(4)19)17(3)13(18)16-10-5-11(14)9(2)12(15)6-10/h5-6,8H,7H2,1-4H3,(H,16,18). The van der Waals surface area contributed by atoms with Crippen molar-refractivity contribution in [2.75, 3.05) is 24.4 Å². The Hall–Kier alpha value is -0.780. The maximum absolute atomic E-state index is 12.1. The fourth-order valence-electron chi connectivity index (χ4n) is 1.58. The van der Waals surface area contributed by atoms with E-state index >= 15 is 0 Å². The van der Waals surface area contributed by atoms with Crippen LogP contribution in [0.3, 0.4) is 0 Å². The number of nitrogens with zero attached hydrogens (tertiary/aromatic N) is 1. The first kappa shape index (κ1) is 17.3. The third kappa shape index (κ3) is 4.65. The molecular weight excluding hydrogens is 319 g/mol. The van der Waals surface area contributed by atoms with Crippen molar-refractivity contribution in [2.45, 2.75) is 19.9 Å². The summed E-state index contributed by atoms with van der Waals surface area (Å²) < 4.78 is 11.2. The third-order valence-electron chi connectivity index (χ3n) is 2.99. The van der Waals surface area contributed by atoms with Gasteiger partial charge < -0.3 is 10.2 Å². The van der Waals surface area contributed by atoms with Gasteiger partial charge in [-0.3, -0.25) is 4.21 Å². The molecule has 2 amide bonds. The number of hydrogen-bond acceptors (Lipinski definition) is 2. The van der Waals surface area contributed by atoms with E-state index in [4.69, 9.17) is 23.2 Å². The number of carbonyl (C=O) groups is 1. The first-order chi connectivity index (χ1) is 9.22. The lowest BCUT2D eigenvalue weighted by atomic mass is 10.2. The Morgan fingerprint density at radius 2 is 1.90 bits per heavy atom. The molecule has 1 aromatic carbocycles. The lowest BCUT2D eigenvalue weighted by Gasteiger charge is -2.24. The van der Waals surface area contributed by atoms with Crippen LogP contribution in [0.15, 0.2) is 12.1 Å². The summed E-state index contributed by atoms with van der Waals surface area (Å²) in [7, 11) is 0.703. The van der Waals surface area contributed by atoms with Gasteiger partial charge in [-0.25, -0.2) is 4.79 Å². The summed E-state index contributed by atoms with van der Waals surface area (Å²) in [6.45, 7) is 3.65. The van der Waals surface area contributed by atoms with Gasteiger partial charge >= 0.3 is 6.03 Å². The van der Waals surface area contributed by atoms with Crippen molar-refractivity contribution in [1.82, 2.24) is 4.90 Å². The highest BCUT2D eigenvalue weighted by atomic mass is 35.5. The van der Waals surface area contributed by atoms with Gasteiger partial charge in [0.25, 0.3) is 0 Å². The SMILES string of the molecule is Cc1c(Cl)cc(NC(=O)N(C)C(C)CS(C)=O)cc1Cl. The second-order valence-corrected chi connectivity index (χ2v) is 6.99. The van der Waals surface area contributed by atoms with E-state index in [9.17, 15) is 9.00 Å². The maximum atomic E-state index is 12.1. The molecule has 0 aliphatic rings. The molecule has 0 spiro atoms. The van der Waals surface area contributed by atoms with Crippen LogP contribution in [-0.2, 0) is 10.8 Å². The summed E-state index contributed by atoms with van der Waals surface area (Å²) in [4.78, 5) is 13.6. The Kier molecular flexibility index (Phi) is 6.30. The number of urea groups is 1. The molecule has 0 aliphatic heterocycles. The molecule has 1 N–H and O–H groups in total. The molecule has 2 unspecified atom stereocenters. The van der Waals surface area contributed by atoms with Gasteiger partial charge in [-0.1, -0.05) is 23.2 Å². The summed E-state index contributed by atoms with van der Waals surface area (Å²) in [5.74, 6) is 0.430. The van der Waals surface area contributed by atoms with Gasteiger partial charge in [0, 0.05) is 51.6 Å². The summed E-state index contributed by atoms with van der Waals surface area (Å²) in [6, 6.07) is 2.88. The minimum absolute atomic E-state index is 0.128. The molecule has 20 heavy (non-hydrogen) atoms. The number of rotatable bonds is 4. The van der Waals surface area contributed by atoms with Gasteiger partial charge in [0.05, 0.1) is 0 Å². The monoisotopic (exact) mass is 336 g/mol. The molecular formula is C13H18Cl2N2O2S. The zero-order valence-electron chi connectivity index (χ0n) is 11.9. The molecule has 0 aromatic heterocycles. The van der Waals surface area contributed by atoms with Crippen molar-refractivity contribution < 1.29 is 9.00 Å². The van der Waals surface area contributed by atoms with Gasteiger partial charge in [0.15, 0.2) is 0 Å². The van der Waals surface area contributed by atoms with Crippen molar-refractivity contribution in [3.05, 3.63) is 27.7 Å². The molecule has 0 saturated heterocycles. The first-order valence-corrected chi connectivity index (χ1v) is 8.50. The average Bonchev–Trinajstić information content (AvgIpc) is 2.33. The van der Waals surface area contributed by atoms with Crippen molar-refractivity contribution in [1.29, 1.82) is 0 Å². The lowest BCUT2D eigenvalue weighted by Crippen LogP contribution is -2.40. The third-order valence-corrected chi connectivity index (χ3v) is 4.73. The quantitative estimate of drug-likeness (QED) is 0.914. The molecule has 0 heterocycles. The van der Waals surface area contributed by atoms with Gasteiger partial charge in [-0.2, -0.15) is 0 Å². The number of anilines is 1. The summed E-state index contributed by atoms with van der Waals surface area (Å²) >= 11 is 12.0.